The molecular formula is C12H19N3O2S. The predicted octanol–water partition coefficient (Wildman–Crippen LogP) is 2.29. The van der Waals surface area contributed by atoms with E-state index in [4.69, 9.17) is 5.11 Å². The predicted molar refractivity (Wildman–Crippen MR) is 69.7 cm³/mol. The van der Waals surface area contributed by atoms with Gasteiger partial charge < -0.3 is 5.11 Å². The van der Waals surface area contributed by atoms with Gasteiger partial charge >= 0.3 is 5.97 Å². The number of carbonyl (C=O) groups is 1. The van der Waals surface area contributed by atoms with Crippen LogP contribution in [0.3, 0.4) is 0 Å². The molecule has 2 rings (SSSR count). The van der Waals surface area contributed by atoms with Crippen LogP contribution in [0.15, 0.2) is 5.16 Å². The first-order valence-electron chi connectivity index (χ1n) is 6.15. The van der Waals surface area contributed by atoms with E-state index < -0.39 is 5.97 Å². The number of aliphatic carboxylic acids is 1. The van der Waals surface area contributed by atoms with Crippen LogP contribution in [0.2, 0.25) is 0 Å². The number of aromatic nitrogens is 3. The lowest BCUT2D eigenvalue weighted by molar-refractivity contribution is -0.133. The van der Waals surface area contributed by atoms with Crippen LogP contribution in [0, 0.1) is 5.41 Å². The zero-order chi connectivity index (χ0) is 13.3. The largest absolute Gasteiger partial charge is 0.481 e. The quantitative estimate of drug-likeness (QED) is 0.849. The molecule has 100 valence electrons. The number of aryl methyl sites for hydroxylation is 1. The third kappa shape index (κ3) is 2.68. The number of carboxylic acids is 1. The minimum absolute atomic E-state index is 0.0278. The van der Waals surface area contributed by atoms with E-state index >= 15 is 0 Å². The molecule has 1 unspecified atom stereocenters. The lowest BCUT2D eigenvalue weighted by Gasteiger charge is -2.24. The van der Waals surface area contributed by atoms with Crippen molar-refractivity contribution >= 4 is 17.7 Å². The monoisotopic (exact) mass is 269 g/mol. The van der Waals surface area contributed by atoms with Crippen molar-refractivity contribution in [2.75, 3.05) is 5.75 Å². The molecule has 1 aromatic heterocycles. The molecule has 5 nitrogen and oxygen atoms in total. The first-order chi connectivity index (χ1) is 8.40. The first-order valence-corrected chi connectivity index (χ1v) is 7.14. The highest BCUT2D eigenvalue weighted by Gasteiger charge is 2.38. The van der Waals surface area contributed by atoms with E-state index in [2.05, 4.69) is 23.9 Å². The minimum Gasteiger partial charge on any atom is -0.481 e. The average molecular weight is 269 g/mol. The summed E-state index contributed by atoms with van der Waals surface area (Å²) in [6.45, 7) is 4.51. The van der Waals surface area contributed by atoms with Crippen molar-refractivity contribution in [3.63, 3.8) is 0 Å². The fourth-order valence-corrected chi connectivity index (χ4v) is 3.23. The van der Waals surface area contributed by atoms with Crippen LogP contribution in [0.5, 0.6) is 0 Å². The SMILES string of the molecule is Cn1nc(C2CCCC2(C)C)nc1SCC(=O)O. The molecule has 1 heterocycles. The molecule has 1 aliphatic rings. The van der Waals surface area contributed by atoms with E-state index in [0.717, 1.165) is 12.2 Å². The third-order valence-electron chi connectivity index (χ3n) is 3.63. The molecule has 18 heavy (non-hydrogen) atoms. The van der Waals surface area contributed by atoms with Gasteiger partial charge in [-0.25, -0.2) is 9.67 Å². The number of rotatable bonds is 4. The Labute approximate surface area is 111 Å². The van der Waals surface area contributed by atoms with Crippen LogP contribution < -0.4 is 0 Å². The van der Waals surface area contributed by atoms with Crippen molar-refractivity contribution in [2.24, 2.45) is 12.5 Å². The van der Waals surface area contributed by atoms with Gasteiger partial charge in [0.2, 0.25) is 0 Å². The van der Waals surface area contributed by atoms with E-state index in [1.54, 1.807) is 4.68 Å². The van der Waals surface area contributed by atoms with Crippen LogP contribution in [-0.4, -0.2) is 31.6 Å². The highest BCUT2D eigenvalue weighted by molar-refractivity contribution is 7.99. The Hall–Kier alpha value is -1.04. The lowest BCUT2D eigenvalue weighted by Crippen LogP contribution is -2.16. The van der Waals surface area contributed by atoms with E-state index in [-0.39, 0.29) is 11.2 Å². The van der Waals surface area contributed by atoms with Crippen LogP contribution >= 0.6 is 11.8 Å². The van der Waals surface area contributed by atoms with Crippen molar-refractivity contribution in [3.05, 3.63) is 5.82 Å². The summed E-state index contributed by atoms with van der Waals surface area (Å²) >= 11 is 1.22. The van der Waals surface area contributed by atoms with Crippen LogP contribution in [0.1, 0.15) is 44.9 Å². The summed E-state index contributed by atoms with van der Waals surface area (Å²) in [5, 5.41) is 13.8. The Morgan fingerprint density at radius 2 is 2.33 bits per heavy atom. The number of hydrogen-bond donors (Lipinski definition) is 1. The number of hydrogen-bond acceptors (Lipinski definition) is 4. The summed E-state index contributed by atoms with van der Waals surface area (Å²) < 4.78 is 1.69. The smallest absolute Gasteiger partial charge is 0.313 e. The normalized spacial score (nSPS) is 22.3. The van der Waals surface area contributed by atoms with Gasteiger partial charge in [0.15, 0.2) is 11.0 Å². The lowest BCUT2D eigenvalue weighted by atomic mass is 9.81. The summed E-state index contributed by atoms with van der Waals surface area (Å²) in [4.78, 5) is 15.1. The maximum Gasteiger partial charge on any atom is 0.313 e. The van der Waals surface area contributed by atoms with Gasteiger partial charge in [0.05, 0.1) is 5.75 Å². The molecule has 0 aromatic carbocycles. The average Bonchev–Trinajstić information content (AvgIpc) is 2.78. The van der Waals surface area contributed by atoms with Crippen LogP contribution in [-0.2, 0) is 11.8 Å². The van der Waals surface area contributed by atoms with E-state index in [9.17, 15) is 4.79 Å². The van der Waals surface area contributed by atoms with Crippen molar-refractivity contribution in [3.8, 4) is 0 Å². The Morgan fingerprint density at radius 3 is 2.89 bits per heavy atom. The molecule has 1 aromatic rings. The molecule has 0 saturated heterocycles. The zero-order valence-corrected chi connectivity index (χ0v) is 11.8. The maximum absolute atomic E-state index is 10.6. The Balaban J connectivity index is 2.15. The Bertz CT molecular complexity index is 456. The van der Waals surface area contributed by atoms with Gasteiger partial charge in [0.1, 0.15) is 0 Å². The standard InChI is InChI=1S/C12H19N3O2S/c1-12(2)6-4-5-8(12)10-13-11(15(3)14-10)18-7-9(16)17/h8H,4-7H2,1-3H3,(H,16,17). The topological polar surface area (TPSA) is 68.0 Å². The second kappa shape index (κ2) is 4.91. The first kappa shape index (κ1) is 13.4. The minimum atomic E-state index is -0.828. The summed E-state index contributed by atoms with van der Waals surface area (Å²) in [5.41, 5.74) is 0.246. The molecule has 0 bridgehead atoms. The number of nitrogens with zero attached hydrogens (tertiary/aromatic N) is 3. The summed E-state index contributed by atoms with van der Waals surface area (Å²) in [6.07, 6.45) is 3.54. The second-order valence-corrected chi connectivity index (χ2v) is 6.43. The van der Waals surface area contributed by atoms with Gasteiger partial charge in [0.25, 0.3) is 0 Å². The fourth-order valence-electron chi connectivity index (χ4n) is 2.59. The fraction of sp³-hybridized carbons (Fsp3) is 0.750. The highest BCUT2D eigenvalue weighted by atomic mass is 32.2. The molecule has 0 spiro atoms. The molecule has 1 N–H and O–H groups in total. The number of thioether (sulfide) groups is 1. The van der Waals surface area contributed by atoms with Crippen molar-refractivity contribution < 1.29 is 9.90 Å². The van der Waals surface area contributed by atoms with Crippen LogP contribution in [0.25, 0.3) is 0 Å². The zero-order valence-electron chi connectivity index (χ0n) is 11.0. The van der Waals surface area contributed by atoms with Gasteiger partial charge in [-0.05, 0) is 18.3 Å². The van der Waals surface area contributed by atoms with Gasteiger partial charge in [-0.3, -0.25) is 4.79 Å². The summed E-state index contributed by atoms with van der Waals surface area (Å²) in [5.74, 6) is 0.460. The van der Waals surface area contributed by atoms with Gasteiger partial charge in [0, 0.05) is 13.0 Å². The van der Waals surface area contributed by atoms with Gasteiger partial charge in [-0.15, -0.1) is 0 Å². The summed E-state index contributed by atoms with van der Waals surface area (Å²) in [6, 6.07) is 0. The third-order valence-corrected chi connectivity index (χ3v) is 4.64. The Kier molecular flexibility index (Phi) is 3.66. The van der Waals surface area contributed by atoms with Crippen LogP contribution in [0.4, 0.5) is 0 Å². The van der Waals surface area contributed by atoms with Crippen molar-refractivity contribution in [1.82, 2.24) is 14.8 Å². The molecule has 1 atom stereocenters. The number of carboxylic acid groups (broad SMARTS) is 1. The van der Waals surface area contributed by atoms with E-state index in [0.29, 0.717) is 11.1 Å². The summed E-state index contributed by atoms with van der Waals surface area (Å²) in [7, 11) is 1.82. The maximum atomic E-state index is 10.6. The van der Waals surface area contributed by atoms with Gasteiger partial charge in [-0.1, -0.05) is 32.0 Å². The molecule has 0 amide bonds. The second-order valence-electron chi connectivity index (χ2n) is 5.49. The molecular weight excluding hydrogens is 250 g/mol. The molecule has 1 fully saturated rings. The molecule has 1 saturated carbocycles. The van der Waals surface area contributed by atoms with Crippen molar-refractivity contribution in [2.45, 2.75) is 44.2 Å². The highest BCUT2D eigenvalue weighted by Crippen LogP contribution is 2.47. The van der Waals surface area contributed by atoms with Crippen molar-refractivity contribution in [1.29, 1.82) is 0 Å². The Morgan fingerprint density at radius 1 is 1.61 bits per heavy atom. The molecule has 0 aliphatic heterocycles. The van der Waals surface area contributed by atoms with E-state index in [1.807, 2.05) is 7.05 Å². The molecule has 0 radical (unpaired) electrons. The molecule has 6 heteroatoms. The molecule has 1 aliphatic carbocycles. The van der Waals surface area contributed by atoms with Gasteiger partial charge in [-0.2, -0.15) is 5.10 Å². The van der Waals surface area contributed by atoms with E-state index in [1.165, 1.54) is 24.6 Å².